The smallest absolute Gasteiger partial charge is 0.269 e. The average Bonchev–Trinajstić information content (AvgIpc) is 2.42. The maximum atomic E-state index is 12.2. The molecule has 0 aromatic heterocycles. The Bertz CT molecular complexity index is 436. The second kappa shape index (κ2) is 7.70. The van der Waals surface area contributed by atoms with Gasteiger partial charge in [-0.2, -0.15) is 0 Å². The standard InChI is InChI=1S/C12H15ClN2O4/c1-19-9-8-14(7-6-13)12(16)10-2-4-11(5-3-10)15(17)18/h2-5H,6-9H2,1H3. The molecule has 0 saturated carbocycles. The number of benzene rings is 1. The van der Waals surface area contributed by atoms with Crippen LogP contribution in [0.2, 0.25) is 0 Å². The van der Waals surface area contributed by atoms with Crippen molar-refractivity contribution in [3.8, 4) is 0 Å². The largest absolute Gasteiger partial charge is 0.383 e. The van der Waals surface area contributed by atoms with Gasteiger partial charge in [-0.3, -0.25) is 14.9 Å². The van der Waals surface area contributed by atoms with Crippen molar-refractivity contribution >= 4 is 23.2 Å². The molecule has 0 fully saturated rings. The van der Waals surface area contributed by atoms with Crippen LogP contribution in [-0.4, -0.2) is 48.4 Å². The van der Waals surface area contributed by atoms with E-state index >= 15 is 0 Å². The van der Waals surface area contributed by atoms with Crippen molar-refractivity contribution in [2.24, 2.45) is 0 Å². The average molecular weight is 287 g/mol. The summed E-state index contributed by atoms with van der Waals surface area (Å²) in [4.78, 5) is 23.7. The molecule has 0 aliphatic carbocycles. The Balaban J connectivity index is 2.80. The van der Waals surface area contributed by atoms with Gasteiger partial charge in [-0.15, -0.1) is 11.6 Å². The molecule has 0 N–H and O–H groups in total. The van der Waals surface area contributed by atoms with Crippen LogP contribution in [0.3, 0.4) is 0 Å². The third-order valence-corrected chi connectivity index (χ3v) is 2.70. The van der Waals surface area contributed by atoms with Crippen LogP contribution in [0.4, 0.5) is 5.69 Å². The Morgan fingerprint density at radius 2 is 2.00 bits per heavy atom. The van der Waals surface area contributed by atoms with Crippen molar-refractivity contribution in [3.63, 3.8) is 0 Å². The lowest BCUT2D eigenvalue weighted by atomic mass is 10.2. The topological polar surface area (TPSA) is 72.7 Å². The number of hydrogen-bond donors (Lipinski definition) is 0. The van der Waals surface area contributed by atoms with E-state index in [-0.39, 0.29) is 11.6 Å². The normalized spacial score (nSPS) is 10.2. The minimum absolute atomic E-state index is 0.0441. The van der Waals surface area contributed by atoms with Gasteiger partial charge in [0.05, 0.1) is 11.5 Å². The van der Waals surface area contributed by atoms with E-state index in [1.165, 1.54) is 24.3 Å². The fourth-order valence-corrected chi connectivity index (χ4v) is 1.73. The van der Waals surface area contributed by atoms with Gasteiger partial charge in [0.2, 0.25) is 0 Å². The van der Waals surface area contributed by atoms with Crippen LogP contribution in [-0.2, 0) is 4.74 Å². The molecule has 1 aromatic carbocycles. The number of nitro benzene ring substituents is 1. The number of hydrogen-bond acceptors (Lipinski definition) is 4. The Kier molecular flexibility index (Phi) is 6.24. The SMILES string of the molecule is COCCN(CCCl)C(=O)c1ccc([N+](=O)[O-])cc1. The molecule has 104 valence electrons. The number of non-ortho nitro benzene ring substituents is 1. The van der Waals surface area contributed by atoms with Crippen molar-refractivity contribution in [2.75, 3.05) is 32.7 Å². The summed E-state index contributed by atoms with van der Waals surface area (Å²) in [5, 5.41) is 10.5. The number of alkyl halides is 1. The lowest BCUT2D eigenvalue weighted by Gasteiger charge is -2.21. The molecule has 0 bridgehead atoms. The molecule has 6 nitrogen and oxygen atoms in total. The number of amides is 1. The fourth-order valence-electron chi connectivity index (χ4n) is 1.53. The maximum absolute atomic E-state index is 12.2. The third-order valence-electron chi connectivity index (χ3n) is 2.53. The first-order valence-corrected chi connectivity index (χ1v) is 6.22. The number of carbonyl (C=O) groups is 1. The zero-order chi connectivity index (χ0) is 14.3. The van der Waals surface area contributed by atoms with Gasteiger partial charge in [0.1, 0.15) is 0 Å². The van der Waals surface area contributed by atoms with Crippen molar-refractivity contribution in [2.45, 2.75) is 0 Å². The van der Waals surface area contributed by atoms with Gasteiger partial charge in [0, 0.05) is 43.8 Å². The molecular formula is C12H15ClN2O4. The predicted octanol–water partition coefficient (Wildman–Crippen LogP) is 1.92. The summed E-state index contributed by atoms with van der Waals surface area (Å²) in [6.07, 6.45) is 0. The molecule has 1 amide bonds. The van der Waals surface area contributed by atoms with Crippen molar-refractivity contribution < 1.29 is 14.5 Å². The van der Waals surface area contributed by atoms with E-state index in [1.807, 2.05) is 0 Å². The van der Waals surface area contributed by atoms with Crippen LogP contribution in [0, 0.1) is 10.1 Å². The van der Waals surface area contributed by atoms with Gasteiger partial charge in [0.15, 0.2) is 0 Å². The summed E-state index contributed by atoms with van der Waals surface area (Å²) in [6.45, 7) is 1.25. The predicted molar refractivity (Wildman–Crippen MR) is 71.6 cm³/mol. The van der Waals surface area contributed by atoms with Crippen molar-refractivity contribution in [1.29, 1.82) is 0 Å². The van der Waals surface area contributed by atoms with Crippen LogP contribution in [0.5, 0.6) is 0 Å². The van der Waals surface area contributed by atoms with E-state index in [0.29, 0.717) is 31.1 Å². The number of nitrogens with zero attached hydrogens (tertiary/aromatic N) is 2. The second-order valence-corrected chi connectivity index (χ2v) is 4.16. The highest BCUT2D eigenvalue weighted by Crippen LogP contribution is 2.13. The molecule has 0 atom stereocenters. The van der Waals surface area contributed by atoms with Crippen molar-refractivity contribution in [3.05, 3.63) is 39.9 Å². The minimum Gasteiger partial charge on any atom is -0.383 e. The lowest BCUT2D eigenvalue weighted by molar-refractivity contribution is -0.384. The summed E-state index contributed by atoms with van der Waals surface area (Å²) in [5.74, 6) is 0.107. The van der Waals surface area contributed by atoms with Crippen molar-refractivity contribution in [1.82, 2.24) is 4.90 Å². The number of nitro groups is 1. The fraction of sp³-hybridized carbons (Fsp3) is 0.417. The summed E-state index contributed by atoms with van der Waals surface area (Å²) < 4.78 is 4.93. The Morgan fingerprint density at radius 1 is 1.37 bits per heavy atom. The highest BCUT2D eigenvalue weighted by molar-refractivity contribution is 6.18. The van der Waals surface area contributed by atoms with Crippen LogP contribution >= 0.6 is 11.6 Å². The van der Waals surface area contributed by atoms with Crippen LogP contribution < -0.4 is 0 Å². The zero-order valence-electron chi connectivity index (χ0n) is 10.5. The third kappa shape index (κ3) is 4.50. The molecular weight excluding hydrogens is 272 g/mol. The summed E-state index contributed by atoms with van der Waals surface area (Å²) in [7, 11) is 1.55. The molecule has 1 rings (SSSR count). The van der Waals surface area contributed by atoms with Crippen LogP contribution in [0.15, 0.2) is 24.3 Å². The highest BCUT2D eigenvalue weighted by atomic mass is 35.5. The minimum atomic E-state index is -0.504. The number of halogens is 1. The first-order chi connectivity index (χ1) is 9.10. The van der Waals surface area contributed by atoms with E-state index in [4.69, 9.17) is 16.3 Å². The van der Waals surface area contributed by atoms with Crippen LogP contribution in [0.25, 0.3) is 0 Å². The molecule has 1 aromatic rings. The molecule has 0 radical (unpaired) electrons. The van der Waals surface area contributed by atoms with E-state index in [1.54, 1.807) is 12.0 Å². The van der Waals surface area contributed by atoms with E-state index < -0.39 is 4.92 Å². The van der Waals surface area contributed by atoms with Gasteiger partial charge in [-0.25, -0.2) is 0 Å². The molecule has 7 heteroatoms. The highest BCUT2D eigenvalue weighted by Gasteiger charge is 2.16. The zero-order valence-corrected chi connectivity index (χ0v) is 11.3. The summed E-state index contributed by atoms with van der Waals surface area (Å²) in [5.41, 5.74) is 0.351. The van der Waals surface area contributed by atoms with Gasteiger partial charge < -0.3 is 9.64 Å². The molecule has 0 aliphatic heterocycles. The monoisotopic (exact) mass is 286 g/mol. The second-order valence-electron chi connectivity index (χ2n) is 3.78. The van der Waals surface area contributed by atoms with E-state index in [0.717, 1.165) is 0 Å². The van der Waals surface area contributed by atoms with E-state index in [9.17, 15) is 14.9 Å². The van der Waals surface area contributed by atoms with Gasteiger partial charge >= 0.3 is 0 Å². The maximum Gasteiger partial charge on any atom is 0.269 e. The Hall–Kier alpha value is -1.66. The number of carbonyl (C=O) groups excluding carboxylic acids is 1. The molecule has 0 heterocycles. The first-order valence-electron chi connectivity index (χ1n) is 5.68. The van der Waals surface area contributed by atoms with Gasteiger partial charge in [0.25, 0.3) is 11.6 Å². The van der Waals surface area contributed by atoms with Crippen LogP contribution in [0.1, 0.15) is 10.4 Å². The number of methoxy groups -OCH3 is 1. The Labute approximate surface area is 116 Å². The van der Waals surface area contributed by atoms with Gasteiger partial charge in [-0.05, 0) is 12.1 Å². The molecule has 0 saturated heterocycles. The number of rotatable bonds is 7. The quantitative estimate of drug-likeness (QED) is 0.436. The molecule has 0 aliphatic rings. The van der Waals surface area contributed by atoms with Gasteiger partial charge in [-0.1, -0.05) is 0 Å². The molecule has 0 spiro atoms. The lowest BCUT2D eigenvalue weighted by Crippen LogP contribution is -2.35. The summed E-state index contributed by atoms with van der Waals surface area (Å²) in [6, 6.07) is 5.49. The molecule has 19 heavy (non-hydrogen) atoms. The van der Waals surface area contributed by atoms with E-state index in [2.05, 4.69) is 0 Å². The number of ether oxygens (including phenoxy) is 1. The summed E-state index contributed by atoms with van der Waals surface area (Å²) >= 11 is 5.65. The molecule has 0 unspecified atom stereocenters. The Morgan fingerprint density at radius 3 is 2.47 bits per heavy atom. The first kappa shape index (κ1) is 15.4.